The van der Waals surface area contributed by atoms with Crippen molar-refractivity contribution in [3.8, 4) is 5.75 Å². The maximum Gasteiger partial charge on any atom is 0.321 e. The average molecular weight is 351 g/mol. The van der Waals surface area contributed by atoms with Gasteiger partial charge in [0.05, 0.1) is 13.7 Å². The molecule has 3 amide bonds. The van der Waals surface area contributed by atoms with Crippen LogP contribution in [0.4, 0.5) is 9.18 Å². The van der Waals surface area contributed by atoms with Crippen LogP contribution in [-0.4, -0.2) is 43.1 Å². The SMILES string of the molecule is CCN(CC(=O)NC(=O)NC1CCCC1)Cc1ccc(OC)c(F)c1. The highest BCUT2D eigenvalue weighted by Crippen LogP contribution is 2.19. The third-order valence-corrected chi connectivity index (χ3v) is 4.38. The van der Waals surface area contributed by atoms with Crippen LogP contribution in [0.5, 0.6) is 5.75 Å². The van der Waals surface area contributed by atoms with E-state index in [1.54, 1.807) is 12.1 Å². The zero-order valence-corrected chi connectivity index (χ0v) is 14.8. The monoisotopic (exact) mass is 351 g/mol. The van der Waals surface area contributed by atoms with E-state index in [0.29, 0.717) is 13.1 Å². The number of carbonyl (C=O) groups excluding carboxylic acids is 2. The molecule has 2 N–H and O–H groups in total. The van der Waals surface area contributed by atoms with E-state index in [-0.39, 0.29) is 24.2 Å². The third kappa shape index (κ3) is 6.01. The van der Waals surface area contributed by atoms with Crippen LogP contribution in [0.2, 0.25) is 0 Å². The summed E-state index contributed by atoms with van der Waals surface area (Å²) in [6.45, 7) is 2.99. The molecule has 0 spiro atoms. The molecule has 0 radical (unpaired) electrons. The van der Waals surface area contributed by atoms with Gasteiger partial charge in [-0.3, -0.25) is 15.0 Å². The molecular weight excluding hydrogens is 325 g/mol. The van der Waals surface area contributed by atoms with E-state index >= 15 is 0 Å². The lowest BCUT2D eigenvalue weighted by atomic mass is 10.2. The van der Waals surface area contributed by atoms with Crippen molar-refractivity contribution < 1.29 is 18.7 Å². The topological polar surface area (TPSA) is 70.7 Å². The number of ether oxygens (including phenoxy) is 1. The number of hydrogen-bond acceptors (Lipinski definition) is 4. The summed E-state index contributed by atoms with van der Waals surface area (Å²) in [5, 5.41) is 5.18. The highest BCUT2D eigenvalue weighted by Gasteiger charge is 2.19. The Kier molecular flexibility index (Phi) is 7.18. The van der Waals surface area contributed by atoms with E-state index in [2.05, 4.69) is 10.6 Å². The van der Waals surface area contributed by atoms with Crippen LogP contribution in [0.3, 0.4) is 0 Å². The van der Waals surface area contributed by atoms with Crippen molar-refractivity contribution in [3.63, 3.8) is 0 Å². The molecule has 2 rings (SSSR count). The molecular formula is C18H26FN3O3. The van der Waals surface area contributed by atoms with Gasteiger partial charge in [-0.1, -0.05) is 25.8 Å². The molecule has 0 aliphatic heterocycles. The first-order valence-corrected chi connectivity index (χ1v) is 8.67. The van der Waals surface area contributed by atoms with Gasteiger partial charge < -0.3 is 10.1 Å². The van der Waals surface area contributed by atoms with Gasteiger partial charge in [0.1, 0.15) is 0 Å². The van der Waals surface area contributed by atoms with Crippen molar-refractivity contribution in [1.29, 1.82) is 0 Å². The minimum atomic E-state index is -0.441. The van der Waals surface area contributed by atoms with Crippen molar-refractivity contribution in [3.05, 3.63) is 29.6 Å². The summed E-state index contributed by atoms with van der Waals surface area (Å²) in [7, 11) is 1.41. The summed E-state index contributed by atoms with van der Waals surface area (Å²) in [6.07, 6.45) is 4.15. The lowest BCUT2D eigenvalue weighted by molar-refractivity contribution is -0.121. The number of nitrogens with one attached hydrogen (secondary N) is 2. The number of halogens is 1. The Morgan fingerprint density at radius 1 is 1.32 bits per heavy atom. The highest BCUT2D eigenvalue weighted by atomic mass is 19.1. The van der Waals surface area contributed by atoms with E-state index in [9.17, 15) is 14.0 Å². The van der Waals surface area contributed by atoms with Crippen LogP contribution in [0.15, 0.2) is 18.2 Å². The number of carbonyl (C=O) groups is 2. The lowest BCUT2D eigenvalue weighted by Crippen LogP contribution is -2.46. The Balaban J connectivity index is 1.82. The van der Waals surface area contributed by atoms with E-state index < -0.39 is 11.8 Å². The van der Waals surface area contributed by atoms with E-state index in [4.69, 9.17) is 4.74 Å². The summed E-state index contributed by atoms with van der Waals surface area (Å²) in [6, 6.07) is 4.44. The fourth-order valence-corrected chi connectivity index (χ4v) is 3.01. The fourth-order valence-electron chi connectivity index (χ4n) is 3.01. The highest BCUT2D eigenvalue weighted by molar-refractivity contribution is 5.95. The Morgan fingerprint density at radius 3 is 2.64 bits per heavy atom. The van der Waals surface area contributed by atoms with Crippen molar-refractivity contribution in [2.75, 3.05) is 20.2 Å². The molecule has 6 nitrogen and oxygen atoms in total. The minimum absolute atomic E-state index is 0.0717. The van der Waals surface area contributed by atoms with E-state index in [1.807, 2.05) is 11.8 Å². The van der Waals surface area contributed by atoms with Gasteiger partial charge in [-0.15, -0.1) is 0 Å². The maximum atomic E-state index is 13.8. The molecule has 0 bridgehead atoms. The van der Waals surface area contributed by atoms with Crippen LogP contribution in [0.1, 0.15) is 38.2 Å². The number of hydrogen-bond donors (Lipinski definition) is 2. The molecule has 1 aromatic rings. The first kappa shape index (κ1) is 19.2. The number of urea groups is 1. The number of amides is 3. The first-order chi connectivity index (χ1) is 12.0. The molecule has 1 aromatic carbocycles. The minimum Gasteiger partial charge on any atom is -0.494 e. The van der Waals surface area contributed by atoms with Crippen LogP contribution < -0.4 is 15.4 Å². The number of benzene rings is 1. The standard InChI is InChI=1S/C18H26FN3O3/c1-3-22(11-13-8-9-16(25-2)15(19)10-13)12-17(23)21-18(24)20-14-6-4-5-7-14/h8-10,14H,3-7,11-12H2,1-2H3,(H2,20,21,23,24). The second kappa shape index (κ2) is 9.36. The third-order valence-electron chi connectivity index (χ3n) is 4.38. The summed E-state index contributed by atoms with van der Waals surface area (Å²) < 4.78 is 18.7. The molecule has 0 unspecified atom stereocenters. The number of rotatable bonds is 7. The Morgan fingerprint density at radius 2 is 2.04 bits per heavy atom. The van der Waals surface area contributed by atoms with Crippen molar-refractivity contribution in [1.82, 2.24) is 15.5 Å². The Bertz CT molecular complexity index is 603. The Hall–Kier alpha value is -2.15. The molecule has 25 heavy (non-hydrogen) atoms. The maximum absolute atomic E-state index is 13.8. The van der Waals surface area contributed by atoms with E-state index in [1.165, 1.54) is 13.2 Å². The van der Waals surface area contributed by atoms with Gasteiger partial charge in [-0.2, -0.15) is 0 Å². The normalized spacial score (nSPS) is 14.6. The molecule has 0 atom stereocenters. The zero-order chi connectivity index (χ0) is 18.2. The molecule has 1 aliphatic carbocycles. The van der Waals surface area contributed by atoms with Gasteiger partial charge in [0, 0.05) is 12.6 Å². The van der Waals surface area contributed by atoms with Crippen molar-refractivity contribution >= 4 is 11.9 Å². The molecule has 0 aromatic heterocycles. The summed E-state index contributed by atoms with van der Waals surface area (Å²) in [5.41, 5.74) is 0.739. The predicted octanol–water partition coefficient (Wildman–Crippen LogP) is 2.42. The number of nitrogens with zero attached hydrogens (tertiary/aromatic N) is 1. The van der Waals surface area contributed by atoms with Gasteiger partial charge >= 0.3 is 6.03 Å². The number of imide groups is 1. The molecule has 1 aliphatic rings. The summed E-state index contributed by atoms with van der Waals surface area (Å²) >= 11 is 0. The van der Waals surface area contributed by atoms with Crippen LogP contribution >= 0.6 is 0 Å². The van der Waals surface area contributed by atoms with Crippen LogP contribution in [0, 0.1) is 5.82 Å². The molecule has 0 heterocycles. The second-order valence-electron chi connectivity index (χ2n) is 6.28. The first-order valence-electron chi connectivity index (χ1n) is 8.67. The molecule has 1 saturated carbocycles. The van der Waals surface area contributed by atoms with Gasteiger partial charge in [0.25, 0.3) is 0 Å². The van der Waals surface area contributed by atoms with E-state index in [0.717, 1.165) is 31.2 Å². The quantitative estimate of drug-likeness (QED) is 0.791. The number of methoxy groups -OCH3 is 1. The predicted molar refractivity (Wildman–Crippen MR) is 92.8 cm³/mol. The van der Waals surface area contributed by atoms with Crippen LogP contribution in [-0.2, 0) is 11.3 Å². The lowest BCUT2D eigenvalue weighted by Gasteiger charge is -2.20. The smallest absolute Gasteiger partial charge is 0.321 e. The van der Waals surface area contributed by atoms with Crippen molar-refractivity contribution in [2.24, 2.45) is 0 Å². The number of likely N-dealkylation sites (N-methyl/N-ethyl adjacent to an activating group) is 1. The molecule has 0 saturated heterocycles. The summed E-state index contributed by atoms with van der Waals surface area (Å²) in [4.78, 5) is 25.7. The molecule has 138 valence electrons. The second-order valence-corrected chi connectivity index (χ2v) is 6.28. The summed E-state index contributed by atoms with van der Waals surface area (Å²) in [5.74, 6) is -0.615. The van der Waals surface area contributed by atoms with Gasteiger partial charge in [-0.05, 0) is 37.1 Å². The Labute approximate surface area is 147 Å². The van der Waals surface area contributed by atoms with Gasteiger partial charge in [0.15, 0.2) is 11.6 Å². The van der Waals surface area contributed by atoms with Gasteiger partial charge in [0.2, 0.25) is 5.91 Å². The van der Waals surface area contributed by atoms with Gasteiger partial charge in [-0.25, -0.2) is 9.18 Å². The van der Waals surface area contributed by atoms with Crippen LogP contribution in [0.25, 0.3) is 0 Å². The van der Waals surface area contributed by atoms with Crippen molar-refractivity contribution in [2.45, 2.75) is 45.2 Å². The zero-order valence-electron chi connectivity index (χ0n) is 14.8. The molecule has 7 heteroatoms. The molecule has 1 fully saturated rings. The largest absolute Gasteiger partial charge is 0.494 e. The fraction of sp³-hybridized carbons (Fsp3) is 0.556. The average Bonchev–Trinajstić information content (AvgIpc) is 3.07.